The molecular weight excluding hydrogens is 208 g/mol. The first-order chi connectivity index (χ1) is 5.11. The molecule has 1 rings (SSSR count). The quantitative estimate of drug-likeness (QED) is 0.521. The fourth-order valence-electron chi connectivity index (χ4n) is 0.807. The highest BCUT2D eigenvalue weighted by Gasteiger charge is 2.03. The van der Waals surface area contributed by atoms with Gasteiger partial charge in [-0.15, -0.1) is 0 Å². The topological polar surface area (TPSA) is 30.2 Å². The van der Waals surface area contributed by atoms with Crippen LogP contribution in [0.25, 0.3) is 0 Å². The molecule has 0 aliphatic heterocycles. The Hall–Kier alpha value is -0.770. The lowest BCUT2D eigenvalue weighted by Crippen LogP contribution is -2.25. The third-order valence-electron chi connectivity index (χ3n) is 1.35. The van der Waals surface area contributed by atoms with Crippen LogP contribution in [0.4, 0.5) is 5.69 Å². The minimum atomic E-state index is 0.761. The molecule has 0 saturated carbocycles. The fourth-order valence-corrected chi connectivity index (χ4v) is 1.50. The molecule has 0 aliphatic carbocycles. The van der Waals surface area contributed by atoms with E-state index in [1.165, 1.54) is 12.4 Å². The first-order valence-electron chi connectivity index (χ1n) is 3.17. The van der Waals surface area contributed by atoms with Gasteiger partial charge in [-0.3, -0.25) is 0 Å². The molecule has 0 atom stereocenters. The second-order valence-corrected chi connectivity index (χ2v) is 3.29. The van der Waals surface area contributed by atoms with Crippen molar-refractivity contribution >= 4 is 21.6 Å². The van der Waals surface area contributed by atoms with E-state index in [-0.39, 0.29) is 0 Å². The van der Waals surface area contributed by atoms with Crippen LogP contribution in [0.1, 0.15) is 0 Å². The molecule has 4 heteroatoms. The predicted octanol–water partition coefficient (Wildman–Crippen LogP) is 1.15. The van der Waals surface area contributed by atoms with Gasteiger partial charge in [-0.1, -0.05) is 0 Å². The van der Waals surface area contributed by atoms with Gasteiger partial charge in [0.2, 0.25) is 0 Å². The predicted molar refractivity (Wildman–Crippen MR) is 47.4 cm³/mol. The molecule has 3 nitrogen and oxygen atoms in total. The molecule has 0 aliphatic rings. The minimum absolute atomic E-state index is 0.761. The van der Waals surface area contributed by atoms with Gasteiger partial charge in [-0.2, -0.15) is 4.73 Å². The van der Waals surface area contributed by atoms with Crippen molar-refractivity contribution in [1.82, 2.24) is 0 Å². The van der Waals surface area contributed by atoms with Crippen LogP contribution in [-0.4, -0.2) is 14.1 Å². The van der Waals surface area contributed by atoms with Gasteiger partial charge in [0.05, 0.1) is 5.69 Å². The van der Waals surface area contributed by atoms with E-state index >= 15 is 0 Å². The van der Waals surface area contributed by atoms with E-state index in [1.807, 2.05) is 19.0 Å². The zero-order chi connectivity index (χ0) is 8.43. The summed E-state index contributed by atoms with van der Waals surface area (Å²) in [6.07, 6.45) is 2.95. The third-order valence-corrected chi connectivity index (χ3v) is 1.96. The highest BCUT2D eigenvalue weighted by atomic mass is 79.9. The maximum absolute atomic E-state index is 10.7. The Labute approximate surface area is 74.0 Å². The third kappa shape index (κ3) is 1.83. The van der Waals surface area contributed by atoms with Crippen LogP contribution in [0.5, 0.6) is 0 Å². The molecule has 60 valence electrons. The van der Waals surface area contributed by atoms with Gasteiger partial charge < -0.3 is 10.1 Å². The van der Waals surface area contributed by atoms with E-state index < -0.39 is 0 Å². The standard InChI is InChI=1S/C7H9BrN2O/c1-9(2)7-3-4-10(11)5-6(7)8/h3-5H,1-2H3. The lowest BCUT2D eigenvalue weighted by Gasteiger charge is -2.12. The van der Waals surface area contributed by atoms with E-state index in [0.29, 0.717) is 0 Å². The Bertz CT molecular complexity index is 263. The van der Waals surface area contributed by atoms with Crippen molar-refractivity contribution in [2.24, 2.45) is 0 Å². The number of aromatic nitrogens is 1. The Kier molecular flexibility index (Phi) is 2.34. The molecule has 0 spiro atoms. The van der Waals surface area contributed by atoms with E-state index in [4.69, 9.17) is 0 Å². The Morgan fingerprint density at radius 3 is 2.64 bits per heavy atom. The molecule has 0 fully saturated rings. The van der Waals surface area contributed by atoms with Crippen molar-refractivity contribution in [3.8, 4) is 0 Å². The van der Waals surface area contributed by atoms with Crippen LogP contribution in [0.2, 0.25) is 0 Å². The monoisotopic (exact) mass is 216 g/mol. The summed E-state index contributed by atoms with van der Waals surface area (Å²) in [6, 6.07) is 1.76. The van der Waals surface area contributed by atoms with E-state index in [2.05, 4.69) is 15.9 Å². The second-order valence-electron chi connectivity index (χ2n) is 2.43. The van der Waals surface area contributed by atoms with Crippen molar-refractivity contribution in [2.45, 2.75) is 0 Å². The summed E-state index contributed by atoms with van der Waals surface area (Å²) in [6.45, 7) is 0. The number of nitrogens with zero attached hydrogens (tertiary/aromatic N) is 2. The molecule has 0 N–H and O–H groups in total. The number of rotatable bonds is 1. The van der Waals surface area contributed by atoms with Crippen LogP contribution < -0.4 is 9.63 Å². The first kappa shape index (κ1) is 8.33. The molecule has 1 heterocycles. The number of hydrogen-bond acceptors (Lipinski definition) is 2. The molecule has 0 aromatic carbocycles. The summed E-state index contributed by atoms with van der Waals surface area (Å²) in [5.41, 5.74) is 0.997. The lowest BCUT2D eigenvalue weighted by atomic mass is 10.4. The second kappa shape index (κ2) is 3.09. The fraction of sp³-hybridized carbons (Fsp3) is 0.286. The van der Waals surface area contributed by atoms with E-state index in [9.17, 15) is 5.21 Å². The molecule has 1 aromatic rings. The maximum Gasteiger partial charge on any atom is 0.196 e. The molecule has 0 unspecified atom stereocenters. The molecule has 0 saturated heterocycles. The van der Waals surface area contributed by atoms with E-state index in [1.54, 1.807) is 6.07 Å². The van der Waals surface area contributed by atoms with Crippen molar-refractivity contribution in [3.63, 3.8) is 0 Å². The average Bonchev–Trinajstić information content (AvgIpc) is 1.85. The highest BCUT2D eigenvalue weighted by molar-refractivity contribution is 9.10. The van der Waals surface area contributed by atoms with Crippen LogP contribution >= 0.6 is 15.9 Å². The van der Waals surface area contributed by atoms with Crippen molar-refractivity contribution in [1.29, 1.82) is 0 Å². The zero-order valence-electron chi connectivity index (χ0n) is 6.41. The molecule has 0 amide bonds. The van der Waals surface area contributed by atoms with E-state index in [0.717, 1.165) is 14.9 Å². The van der Waals surface area contributed by atoms with Gasteiger partial charge in [-0.05, 0) is 15.9 Å². The largest absolute Gasteiger partial charge is 0.619 e. The summed E-state index contributed by atoms with van der Waals surface area (Å²) in [4.78, 5) is 1.93. The van der Waals surface area contributed by atoms with Crippen LogP contribution in [0.15, 0.2) is 22.9 Å². The number of pyridine rings is 1. The summed E-state index contributed by atoms with van der Waals surface area (Å²) in [5, 5.41) is 10.7. The molecule has 0 radical (unpaired) electrons. The van der Waals surface area contributed by atoms with Gasteiger partial charge in [-0.25, -0.2) is 0 Å². The Morgan fingerprint density at radius 2 is 2.18 bits per heavy atom. The molecular formula is C7H9BrN2O. The molecule has 1 aromatic heterocycles. The smallest absolute Gasteiger partial charge is 0.196 e. The van der Waals surface area contributed by atoms with Gasteiger partial charge >= 0.3 is 0 Å². The lowest BCUT2D eigenvalue weighted by molar-refractivity contribution is -0.605. The average molecular weight is 217 g/mol. The Morgan fingerprint density at radius 1 is 1.55 bits per heavy atom. The minimum Gasteiger partial charge on any atom is -0.619 e. The molecule has 11 heavy (non-hydrogen) atoms. The van der Waals surface area contributed by atoms with Crippen molar-refractivity contribution < 1.29 is 4.73 Å². The normalized spacial score (nSPS) is 9.73. The van der Waals surface area contributed by atoms with Crippen LogP contribution in [0, 0.1) is 5.21 Å². The number of halogens is 1. The summed E-state index contributed by atoms with van der Waals surface area (Å²) >= 11 is 3.29. The van der Waals surface area contributed by atoms with Crippen LogP contribution in [-0.2, 0) is 0 Å². The van der Waals surface area contributed by atoms with Gasteiger partial charge in [0.1, 0.15) is 4.47 Å². The van der Waals surface area contributed by atoms with Crippen molar-refractivity contribution in [2.75, 3.05) is 19.0 Å². The molecule has 0 bridgehead atoms. The zero-order valence-corrected chi connectivity index (χ0v) is 8.00. The maximum atomic E-state index is 10.7. The highest BCUT2D eigenvalue weighted by Crippen LogP contribution is 2.21. The summed E-state index contributed by atoms with van der Waals surface area (Å²) < 4.78 is 1.57. The number of anilines is 1. The van der Waals surface area contributed by atoms with Gasteiger partial charge in [0, 0.05) is 20.2 Å². The SMILES string of the molecule is CN(C)c1cc[n+]([O-])cc1Br. The van der Waals surface area contributed by atoms with Crippen molar-refractivity contribution in [3.05, 3.63) is 28.1 Å². The Balaban J connectivity index is 3.09. The van der Waals surface area contributed by atoms with Gasteiger partial charge in [0.25, 0.3) is 0 Å². The summed E-state index contributed by atoms with van der Waals surface area (Å²) in [5.74, 6) is 0. The summed E-state index contributed by atoms with van der Waals surface area (Å²) in [7, 11) is 3.85. The number of hydrogen-bond donors (Lipinski definition) is 0. The van der Waals surface area contributed by atoms with Crippen LogP contribution in [0.3, 0.4) is 0 Å². The van der Waals surface area contributed by atoms with Gasteiger partial charge in [0.15, 0.2) is 12.4 Å². The first-order valence-corrected chi connectivity index (χ1v) is 3.96.